The maximum Gasteiger partial charge on any atom is 0.0931 e. The molecule has 2 rings (SSSR count). The SMILES string of the molecule is CN(Cc1ccc(Cl)s1)CC1(CNC(C)(C)C)CCCC1. The Balaban J connectivity index is 1.92. The maximum absolute atomic E-state index is 6.03. The first-order valence-corrected chi connectivity index (χ1v) is 9.15. The summed E-state index contributed by atoms with van der Waals surface area (Å²) in [6.45, 7) is 10.1. The van der Waals surface area contributed by atoms with Crippen LogP contribution in [-0.2, 0) is 6.54 Å². The molecular formula is C17H29ClN2S. The molecule has 1 fully saturated rings. The van der Waals surface area contributed by atoms with Crippen LogP contribution in [0.15, 0.2) is 12.1 Å². The maximum atomic E-state index is 6.03. The van der Waals surface area contributed by atoms with Crippen LogP contribution in [0.4, 0.5) is 0 Å². The smallest absolute Gasteiger partial charge is 0.0931 e. The van der Waals surface area contributed by atoms with E-state index in [4.69, 9.17) is 11.6 Å². The number of halogens is 1. The standard InChI is InChI=1S/C17H29ClN2S/c1-16(2,3)19-12-17(9-5-6-10-17)13-20(4)11-14-7-8-15(18)21-14/h7-8,19H,5-6,9-13H2,1-4H3. The molecule has 120 valence electrons. The second-order valence-electron chi connectivity index (χ2n) is 7.69. The molecule has 1 heterocycles. The molecule has 2 nitrogen and oxygen atoms in total. The van der Waals surface area contributed by atoms with Gasteiger partial charge in [0.25, 0.3) is 0 Å². The first kappa shape index (κ1) is 17.3. The minimum absolute atomic E-state index is 0.204. The molecule has 0 atom stereocenters. The summed E-state index contributed by atoms with van der Waals surface area (Å²) in [4.78, 5) is 3.83. The van der Waals surface area contributed by atoms with Gasteiger partial charge in [-0.25, -0.2) is 0 Å². The van der Waals surface area contributed by atoms with Gasteiger partial charge in [-0.3, -0.25) is 0 Å². The zero-order valence-electron chi connectivity index (χ0n) is 13.8. The topological polar surface area (TPSA) is 15.3 Å². The summed E-state index contributed by atoms with van der Waals surface area (Å²) in [5.41, 5.74) is 0.651. The monoisotopic (exact) mass is 328 g/mol. The van der Waals surface area contributed by atoms with Gasteiger partial charge in [-0.15, -0.1) is 11.3 Å². The predicted octanol–water partition coefficient (Wildman–Crippen LogP) is 4.78. The molecule has 1 N–H and O–H groups in total. The van der Waals surface area contributed by atoms with E-state index in [0.29, 0.717) is 5.41 Å². The number of hydrogen-bond donors (Lipinski definition) is 1. The van der Waals surface area contributed by atoms with Gasteiger partial charge in [0.2, 0.25) is 0 Å². The zero-order chi connectivity index (χ0) is 15.5. The second-order valence-corrected chi connectivity index (χ2v) is 9.49. The van der Waals surface area contributed by atoms with Crippen molar-refractivity contribution < 1.29 is 0 Å². The Hall–Kier alpha value is -0.0900. The Bertz CT molecular complexity index is 444. The Morgan fingerprint density at radius 1 is 1.29 bits per heavy atom. The van der Waals surface area contributed by atoms with Crippen LogP contribution in [0, 0.1) is 5.41 Å². The first-order chi connectivity index (χ1) is 9.78. The summed E-state index contributed by atoms with van der Waals surface area (Å²) < 4.78 is 0.892. The molecule has 1 aromatic heterocycles. The molecule has 0 amide bonds. The molecule has 0 saturated heterocycles. The summed E-state index contributed by atoms with van der Waals surface area (Å²) >= 11 is 7.73. The average molecular weight is 329 g/mol. The van der Waals surface area contributed by atoms with E-state index in [0.717, 1.165) is 17.4 Å². The summed E-state index contributed by atoms with van der Waals surface area (Å²) in [5, 5.41) is 3.73. The molecule has 0 radical (unpaired) electrons. The van der Waals surface area contributed by atoms with Crippen molar-refractivity contribution in [2.24, 2.45) is 5.41 Å². The number of nitrogens with zero attached hydrogens (tertiary/aromatic N) is 1. The third-order valence-electron chi connectivity index (χ3n) is 4.32. The van der Waals surface area contributed by atoms with Crippen LogP contribution in [0.1, 0.15) is 51.3 Å². The van der Waals surface area contributed by atoms with Crippen LogP contribution in [0.5, 0.6) is 0 Å². The quantitative estimate of drug-likeness (QED) is 0.808. The van der Waals surface area contributed by atoms with E-state index in [1.807, 2.05) is 6.07 Å². The third kappa shape index (κ3) is 5.55. The highest BCUT2D eigenvalue weighted by Gasteiger charge is 2.35. The summed E-state index contributed by atoms with van der Waals surface area (Å²) in [6, 6.07) is 4.15. The van der Waals surface area contributed by atoms with Crippen LogP contribution >= 0.6 is 22.9 Å². The van der Waals surface area contributed by atoms with Gasteiger partial charge in [-0.2, -0.15) is 0 Å². The van der Waals surface area contributed by atoms with Gasteiger partial charge in [0.05, 0.1) is 4.34 Å². The predicted molar refractivity (Wildman–Crippen MR) is 94.3 cm³/mol. The van der Waals surface area contributed by atoms with Gasteiger partial charge in [-0.05, 0) is 58.2 Å². The normalized spacial score (nSPS) is 18.6. The molecule has 1 aliphatic rings. The van der Waals surface area contributed by atoms with Gasteiger partial charge in [0.1, 0.15) is 0 Å². The largest absolute Gasteiger partial charge is 0.311 e. The van der Waals surface area contributed by atoms with Crippen molar-refractivity contribution in [2.75, 3.05) is 20.1 Å². The van der Waals surface area contributed by atoms with E-state index in [1.54, 1.807) is 11.3 Å². The lowest BCUT2D eigenvalue weighted by molar-refractivity contribution is 0.157. The zero-order valence-corrected chi connectivity index (χ0v) is 15.4. The van der Waals surface area contributed by atoms with Crippen molar-refractivity contribution in [1.29, 1.82) is 0 Å². The number of rotatable bonds is 6. The van der Waals surface area contributed by atoms with Gasteiger partial charge in [-0.1, -0.05) is 24.4 Å². The number of thiophene rings is 1. The van der Waals surface area contributed by atoms with Crippen molar-refractivity contribution in [2.45, 2.75) is 58.5 Å². The second kappa shape index (κ2) is 6.99. The van der Waals surface area contributed by atoms with Crippen LogP contribution < -0.4 is 5.32 Å². The minimum atomic E-state index is 0.204. The highest BCUT2D eigenvalue weighted by Crippen LogP contribution is 2.39. The Morgan fingerprint density at radius 2 is 1.95 bits per heavy atom. The molecule has 1 aliphatic carbocycles. The fourth-order valence-corrected chi connectivity index (χ4v) is 4.47. The van der Waals surface area contributed by atoms with Crippen molar-refractivity contribution in [3.63, 3.8) is 0 Å². The molecule has 0 bridgehead atoms. The molecule has 21 heavy (non-hydrogen) atoms. The molecule has 1 aromatic rings. The molecule has 0 aromatic carbocycles. The van der Waals surface area contributed by atoms with Crippen molar-refractivity contribution >= 4 is 22.9 Å². The van der Waals surface area contributed by atoms with Crippen LogP contribution in [-0.4, -0.2) is 30.6 Å². The van der Waals surface area contributed by atoms with Crippen LogP contribution in [0.2, 0.25) is 4.34 Å². The minimum Gasteiger partial charge on any atom is -0.311 e. The van der Waals surface area contributed by atoms with E-state index in [-0.39, 0.29) is 5.54 Å². The van der Waals surface area contributed by atoms with Crippen molar-refractivity contribution in [3.8, 4) is 0 Å². The lowest BCUT2D eigenvalue weighted by atomic mass is 9.84. The third-order valence-corrected chi connectivity index (χ3v) is 5.53. The fraction of sp³-hybridized carbons (Fsp3) is 0.765. The average Bonchev–Trinajstić information content (AvgIpc) is 2.96. The Labute approximate surface area is 138 Å². The number of nitrogens with one attached hydrogen (secondary N) is 1. The lowest BCUT2D eigenvalue weighted by Gasteiger charge is -2.36. The van der Waals surface area contributed by atoms with Crippen molar-refractivity contribution in [1.82, 2.24) is 10.2 Å². The molecule has 1 saturated carbocycles. The molecule has 0 spiro atoms. The summed E-state index contributed by atoms with van der Waals surface area (Å²) in [5.74, 6) is 0. The fourth-order valence-electron chi connectivity index (χ4n) is 3.30. The van der Waals surface area contributed by atoms with Gasteiger partial charge in [0, 0.05) is 30.1 Å². The van der Waals surface area contributed by atoms with Crippen molar-refractivity contribution in [3.05, 3.63) is 21.3 Å². The van der Waals surface area contributed by atoms with E-state index < -0.39 is 0 Å². The molecule has 0 aliphatic heterocycles. The van der Waals surface area contributed by atoms with Crippen LogP contribution in [0.3, 0.4) is 0 Å². The van der Waals surface area contributed by atoms with Gasteiger partial charge in [0.15, 0.2) is 0 Å². The van der Waals surface area contributed by atoms with Gasteiger partial charge < -0.3 is 10.2 Å². The molecular weight excluding hydrogens is 300 g/mol. The van der Waals surface area contributed by atoms with Crippen LogP contribution in [0.25, 0.3) is 0 Å². The first-order valence-electron chi connectivity index (χ1n) is 7.96. The van der Waals surface area contributed by atoms with E-state index in [1.165, 1.54) is 37.1 Å². The van der Waals surface area contributed by atoms with Gasteiger partial charge >= 0.3 is 0 Å². The van der Waals surface area contributed by atoms with E-state index in [2.05, 4.69) is 44.1 Å². The van der Waals surface area contributed by atoms with E-state index in [9.17, 15) is 0 Å². The Morgan fingerprint density at radius 3 is 2.48 bits per heavy atom. The highest BCUT2D eigenvalue weighted by molar-refractivity contribution is 7.16. The lowest BCUT2D eigenvalue weighted by Crippen LogP contribution is -2.47. The molecule has 0 unspecified atom stereocenters. The highest BCUT2D eigenvalue weighted by atomic mass is 35.5. The summed E-state index contributed by atoms with van der Waals surface area (Å²) in [7, 11) is 2.24. The number of hydrogen-bond acceptors (Lipinski definition) is 3. The van der Waals surface area contributed by atoms with E-state index >= 15 is 0 Å². The molecule has 4 heteroatoms. The Kier molecular flexibility index (Phi) is 5.75. The summed E-state index contributed by atoms with van der Waals surface area (Å²) in [6.07, 6.45) is 5.46.